The molecule has 2 saturated heterocycles. The van der Waals surface area contributed by atoms with Crippen LogP contribution in [0.3, 0.4) is 0 Å². The molecule has 108 valence electrons. The number of nitrogens with two attached hydrogens (primary N) is 1. The SMILES string of the molecule is CCC1(C(=O)N2CCCC(C(N)=O)C2)CCNCC1. The van der Waals surface area contributed by atoms with Crippen LogP contribution in [0, 0.1) is 11.3 Å². The Bertz CT molecular complexity index is 351. The number of primary amides is 1. The predicted molar refractivity (Wildman–Crippen MR) is 73.3 cm³/mol. The monoisotopic (exact) mass is 267 g/mol. The van der Waals surface area contributed by atoms with Crippen LogP contribution in [0.5, 0.6) is 0 Å². The first-order chi connectivity index (χ1) is 9.09. The van der Waals surface area contributed by atoms with Gasteiger partial charge in [-0.1, -0.05) is 6.92 Å². The zero-order chi connectivity index (χ0) is 13.9. The summed E-state index contributed by atoms with van der Waals surface area (Å²) in [5.41, 5.74) is 5.17. The molecule has 2 fully saturated rings. The fourth-order valence-electron chi connectivity index (χ4n) is 3.35. The minimum Gasteiger partial charge on any atom is -0.369 e. The third-order valence-corrected chi connectivity index (χ3v) is 4.80. The Morgan fingerprint density at radius 1 is 1.37 bits per heavy atom. The van der Waals surface area contributed by atoms with Crippen LogP contribution in [-0.4, -0.2) is 42.9 Å². The second-order valence-electron chi connectivity index (χ2n) is 5.88. The van der Waals surface area contributed by atoms with Gasteiger partial charge >= 0.3 is 0 Å². The Labute approximate surface area is 114 Å². The van der Waals surface area contributed by atoms with E-state index < -0.39 is 0 Å². The minimum absolute atomic E-state index is 0.159. The van der Waals surface area contributed by atoms with Crippen LogP contribution in [0.15, 0.2) is 0 Å². The number of hydrogen-bond donors (Lipinski definition) is 2. The maximum absolute atomic E-state index is 12.8. The van der Waals surface area contributed by atoms with E-state index in [0.717, 1.165) is 51.7 Å². The summed E-state index contributed by atoms with van der Waals surface area (Å²) in [6.45, 7) is 5.21. The Kier molecular flexibility index (Phi) is 4.45. The maximum Gasteiger partial charge on any atom is 0.228 e. The first kappa shape index (κ1) is 14.3. The topological polar surface area (TPSA) is 75.4 Å². The Morgan fingerprint density at radius 3 is 2.63 bits per heavy atom. The lowest BCUT2D eigenvalue weighted by Gasteiger charge is -2.42. The quantitative estimate of drug-likeness (QED) is 0.781. The zero-order valence-electron chi connectivity index (χ0n) is 11.8. The molecule has 0 aromatic rings. The van der Waals surface area contributed by atoms with Gasteiger partial charge in [0.05, 0.1) is 11.3 Å². The highest BCUT2D eigenvalue weighted by Gasteiger charge is 2.41. The van der Waals surface area contributed by atoms with Gasteiger partial charge in [0.15, 0.2) is 0 Å². The van der Waals surface area contributed by atoms with Crippen molar-refractivity contribution in [3.63, 3.8) is 0 Å². The van der Waals surface area contributed by atoms with Crippen molar-refractivity contribution in [3.8, 4) is 0 Å². The average molecular weight is 267 g/mol. The smallest absolute Gasteiger partial charge is 0.228 e. The van der Waals surface area contributed by atoms with E-state index in [9.17, 15) is 9.59 Å². The van der Waals surface area contributed by atoms with Crippen molar-refractivity contribution in [2.75, 3.05) is 26.2 Å². The molecule has 0 bridgehead atoms. The molecule has 3 N–H and O–H groups in total. The summed E-state index contributed by atoms with van der Waals surface area (Å²) in [6, 6.07) is 0. The van der Waals surface area contributed by atoms with Crippen molar-refractivity contribution in [2.45, 2.75) is 39.0 Å². The van der Waals surface area contributed by atoms with Crippen LogP contribution >= 0.6 is 0 Å². The Morgan fingerprint density at radius 2 is 2.05 bits per heavy atom. The largest absolute Gasteiger partial charge is 0.369 e. The molecule has 0 aromatic heterocycles. The van der Waals surface area contributed by atoms with Gasteiger partial charge in [0, 0.05) is 13.1 Å². The number of hydrogen-bond acceptors (Lipinski definition) is 3. The van der Waals surface area contributed by atoms with E-state index >= 15 is 0 Å². The van der Waals surface area contributed by atoms with Gasteiger partial charge in [-0.05, 0) is 45.2 Å². The number of carbonyl (C=O) groups excluding carboxylic acids is 2. The number of nitrogens with one attached hydrogen (secondary N) is 1. The highest BCUT2D eigenvalue weighted by molar-refractivity contribution is 5.84. The van der Waals surface area contributed by atoms with Crippen molar-refractivity contribution in [1.29, 1.82) is 0 Å². The van der Waals surface area contributed by atoms with E-state index in [4.69, 9.17) is 5.73 Å². The standard InChI is InChI=1S/C14H25N3O2/c1-2-14(5-7-16-8-6-14)13(19)17-9-3-4-11(10-17)12(15)18/h11,16H,2-10H2,1H3,(H2,15,18). The van der Waals surface area contributed by atoms with Crippen molar-refractivity contribution in [3.05, 3.63) is 0 Å². The molecule has 2 heterocycles. The molecule has 5 heteroatoms. The Hall–Kier alpha value is -1.10. The van der Waals surface area contributed by atoms with Crippen LogP contribution < -0.4 is 11.1 Å². The number of likely N-dealkylation sites (tertiary alicyclic amines) is 1. The number of nitrogens with zero attached hydrogens (tertiary/aromatic N) is 1. The highest BCUT2D eigenvalue weighted by Crippen LogP contribution is 2.35. The lowest BCUT2D eigenvalue weighted by Crippen LogP contribution is -2.52. The van der Waals surface area contributed by atoms with E-state index in [0.29, 0.717) is 6.54 Å². The van der Waals surface area contributed by atoms with Crippen molar-refractivity contribution in [2.24, 2.45) is 17.1 Å². The summed E-state index contributed by atoms with van der Waals surface area (Å²) in [5, 5.41) is 3.31. The van der Waals surface area contributed by atoms with Gasteiger partial charge in [-0.15, -0.1) is 0 Å². The third-order valence-electron chi connectivity index (χ3n) is 4.80. The molecule has 19 heavy (non-hydrogen) atoms. The molecule has 0 radical (unpaired) electrons. The van der Waals surface area contributed by atoms with Gasteiger partial charge in [-0.3, -0.25) is 9.59 Å². The number of rotatable bonds is 3. The molecule has 2 amide bonds. The molecule has 0 saturated carbocycles. The molecular formula is C14H25N3O2. The molecule has 1 unspecified atom stereocenters. The van der Waals surface area contributed by atoms with Crippen LogP contribution in [0.2, 0.25) is 0 Å². The van der Waals surface area contributed by atoms with E-state index in [1.165, 1.54) is 0 Å². The number of amides is 2. The molecule has 2 aliphatic heterocycles. The van der Waals surface area contributed by atoms with E-state index in [-0.39, 0.29) is 23.1 Å². The first-order valence-electron chi connectivity index (χ1n) is 7.38. The number of piperidine rings is 2. The lowest BCUT2D eigenvalue weighted by atomic mass is 9.75. The van der Waals surface area contributed by atoms with Crippen molar-refractivity contribution in [1.82, 2.24) is 10.2 Å². The molecule has 5 nitrogen and oxygen atoms in total. The van der Waals surface area contributed by atoms with Gasteiger partial charge in [-0.25, -0.2) is 0 Å². The summed E-state index contributed by atoms with van der Waals surface area (Å²) >= 11 is 0. The lowest BCUT2D eigenvalue weighted by molar-refractivity contribution is -0.146. The molecule has 0 aromatic carbocycles. The normalized spacial score (nSPS) is 27.0. The fraction of sp³-hybridized carbons (Fsp3) is 0.857. The molecule has 0 aliphatic carbocycles. The van der Waals surface area contributed by atoms with Gasteiger partial charge in [-0.2, -0.15) is 0 Å². The highest BCUT2D eigenvalue weighted by atomic mass is 16.2. The molecule has 2 rings (SSSR count). The van der Waals surface area contributed by atoms with Crippen LogP contribution in [0.1, 0.15) is 39.0 Å². The summed E-state index contributed by atoms with van der Waals surface area (Å²) in [7, 11) is 0. The van der Waals surface area contributed by atoms with Crippen molar-refractivity contribution >= 4 is 11.8 Å². The number of carbonyl (C=O) groups is 2. The van der Waals surface area contributed by atoms with Gasteiger partial charge < -0.3 is 16.0 Å². The first-order valence-corrected chi connectivity index (χ1v) is 7.38. The fourth-order valence-corrected chi connectivity index (χ4v) is 3.35. The van der Waals surface area contributed by atoms with Crippen LogP contribution in [0.4, 0.5) is 0 Å². The molecule has 1 atom stereocenters. The van der Waals surface area contributed by atoms with Gasteiger partial charge in [0.25, 0.3) is 0 Å². The molecule has 2 aliphatic rings. The third kappa shape index (κ3) is 2.91. The van der Waals surface area contributed by atoms with Gasteiger partial charge in [0.1, 0.15) is 0 Å². The van der Waals surface area contributed by atoms with E-state index in [2.05, 4.69) is 12.2 Å². The molecular weight excluding hydrogens is 242 g/mol. The van der Waals surface area contributed by atoms with Gasteiger partial charge in [0.2, 0.25) is 11.8 Å². The predicted octanol–water partition coefficient (Wildman–Crippen LogP) is 0.490. The maximum atomic E-state index is 12.8. The summed E-state index contributed by atoms with van der Waals surface area (Å²) in [4.78, 5) is 26.0. The summed E-state index contributed by atoms with van der Waals surface area (Å²) < 4.78 is 0. The van der Waals surface area contributed by atoms with E-state index in [1.54, 1.807) is 0 Å². The second kappa shape index (κ2) is 5.90. The average Bonchev–Trinajstić information content (AvgIpc) is 2.47. The summed E-state index contributed by atoms with van der Waals surface area (Å²) in [6.07, 6.45) is 4.39. The second-order valence-corrected chi connectivity index (χ2v) is 5.88. The zero-order valence-corrected chi connectivity index (χ0v) is 11.8. The van der Waals surface area contributed by atoms with Crippen molar-refractivity contribution < 1.29 is 9.59 Å². The molecule has 0 spiro atoms. The Balaban J connectivity index is 2.06. The van der Waals surface area contributed by atoms with E-state index in [1.807, 2.05) is 4.90 Å². The minimum atomic E-state index is -0.270. The van der Waals surface area contributed by atoms with Crippen LogP contribution in [0.25, 0.3) is 0 Å². The van der Waals surface area contributed by atoms with Crippen LogP contribution in [-0.2, 0) is 9.59 Å². The summed E-state index contributed by atoms with van der Waals surface area (Å²) in [5.74, 6) is -0.191.